The van der Waals surface area contributed by atoms with Gasteiger partial charge in [-0.3, -0.25) is 0 Å². The number of carboxylic acid groups (broad SMARTS) is 1. The maximum atomic E-state index is 10.1. The van der Waals surface area contributed by atoms with E-state index < -0.39 is 11.8 Å². The third-order valence-corrected chi connectivity index (χ3v) is 1.37. The number of hydrogen-bond acceptors (Lipinski definition) is 2. The van der Waals surface area contributed by atoms with Crippen molar-refractivity contribution in [2.75, 3.05) is 0 Å². The van der Waals surface area contributed by atoms with Crippen molar-refractivity contribution >= 4 is 6.16 Å². The number of ether oxygens (including phenoxy) is 1. The van der Waals surface area contributed by atoms with Crippen molar-refractivity contribution in [1.82, 2.24) is 0 Å². The molecule has 10 heavy (non-hydrogen) atoms. The Kier molecular flexibility index (Phi) is 2.46. The van der Waals surface area contributed by atoms with E-state index in [9.17, 15) is 4.79 Å². The van der Waals surface area contributed by atoms with E-state index in [-0.39, 0.29) is 0 Å². The smallest absolute Gasteiger partial charge is 0.450 e. The second-order valence-corrected chi connectivity index (χ2v) is 2.66. The first kappa shape index (κ1) is 9.01. The Balaban J connectivity index is 4.13. The summed E-state index contributed by atoms with van der Waals surface area (Å²) in [5.41, 5.74) is -0.0823. The van der Waals surface area contributed by atoms with Crippen LogP contribution in [0.4, 0.5) is 4.79 Å². The minimum absolute atomic E-state index is 0.690. The first-order valence-electron chi connectivity index (χ1n) is 2.94. The second-order valence-electron chi connectivity index (χ2n) is 2.66. The minimum Gasteiger partial charge on any atom is -0.450 e. The van der Waals surface area contributed by atoms with Gasteiger partial charge in [0.2, 0.25) is 0 Å². The third-order valence-electron chi connectivity index (χ3n) is 1.37. The first-order chi connectivity index (χ1) is 4.36. The van der Waals surface area contributed by atoms with Gasteiger partial charge in [0, 0.05) is 0 Å². The molecule has 3 nitrogen and oxygen atoms in total. The Morgan fingerprint density at radius 2 is 2.00 bits per heavy atom. The lowest BCUT2D eigenvalue weighted by Gasteiger charge is -2.22. The lowest BCUT2D eigenvalue weighted by Crippen LogP contribution is -2.27. The summed E-state index contributed by atoms with van der Waals surface area (Å²) in [6.07, 6.45) is -1.27. The highest BCUT2D eigenvalue weighted by atomic mass is 16.7. The second kappa shape index (κ2) is 2.73. The van der Waals surface area contributed by atoms with Crippen LogP contribution >= 0.6 is 0 Å². The first-order valence-corrected chi connectivity index (χ1v) is 2.94. The summed E-state index contributed by atoms with van der Waals surface area (Å²) in [7, 11) is 0. The van der Waals surface area contributed by atoms with Crippen LogP contribution in [0.3, 0.4) is 0 Å². The molecule has 0 saturated heterocycles. The van der Waals surface area contributed by atoms with Crippen molar-refractivity contribution in [3.63, 3.8) is 0 Å². The molecule has 0 fully saturated rings. The van der Waals surface area contributed by atoms with Gasteiger partial charge in [0.15, 0.2) is 0 Å². The number of carbonyl (C=O) groups is 1. The molecule has 1 N–H and O–H groups in total. The van der Waals surface area contributed by atoms with E-state index in [1.165, 1.54) is 0 Å². The summed E-state index contributed by atoms with van der Waals surface area (Å²) in [5.74, 6) is 0. The highest BCUT2D eigenvalue weighted by Gasteiger charge is 2.22. The van der Waals surface area contributed by atoms with Crippen molar-refractivity contribution in [1.29, 1.82) is 0 Å². The van der Waals surface area contributed by atoms with Gasteiger partial charge in [-0.15, -0.1) is 0 Å². The van der Waals surface area contributed by atoms with Crippen LogP contribution < -0.4 is 0 Å². The van der Waals surface area contributed by atoms with Crippen LogP contribution in [0, 0.1) is 0 Å². The van der Waals surface area contributed by atoms with E-state index in [1.54, 1.807) is 20.8 Å². The van der Waals surface area contributed by atoms with E-state index in [2.05, 4.69) is 11.3 Å². The summed E-state index contributed by atoms with van der Waals surface area (Å²) >= 11 is 0. The van der Waals surface area contributed by atoms with Gasteiger partial charge >= 0.3 is 6.16 Å². The normalized spacial score (nSPS) is 10.7. The van der Waals surface area contributed by atoms with Gasteiger partial charge in [-0.05, 0) is 26.3 Å². The molecule has 0 rings (SSSR count). The maximum Gasteiger partial charge on any atom is 0.506 e. The lowest BCUT2D eigenvalue weighted by molar-refractivity contribution is 0.0247. The molecule has 0 saturated carbocycles. The minimum atomic E-state index is -1.27. The summed E-state index contributed by atoms with van der Waals surface area (Å²) < 4.78 is 4.52. The molecule has 58 valence electrons. The molecule has 0 radical (unpaired) electrons. The Morgan fingerprint density at radius 3 is 2.10 bits per heavy atom. The topological polar surface area (TPSA) is 46.5 Å². The Labute approximate surface area is 60.3 Å². The van der Waals surface area contributed by atoms with Crippen LogP contribution in [0.2, 0.25) is 0 Å². The Hall–Kier alpha value is -0.990. The molecular weight excluding hydrogens is 132 g/mol. The summed E-state index contributed by atoms with van der Waals surface area (Å²) in [6, 6.07) is 0. The lowest BCUT2D eigenvalue weighted by atomic mass is 10.0. The molecule has 0 atom stereocenters. The van der Waals surface area contributed by atoms with Gasteiger partial charge in [-0.25, -0.2) is 4.79 Å². The molecule has 0 aromatic heterocycles. The molecule has 0 aliphatic heterocycles. The van der Waals surface area contributed by atoms with Crippen LogP contribution in [0.25, 0.3) is 0 Å². The molecule has 0 spiro atoms. The zero-order chi connectivity index (χ0) is 8.36. The summed E-state index contributed by atoms with van der Waals surface area (Å²) in [6.45, 7) is 8.63. The average Bonchev–Trinajstić information content (AvgIpc) is 1.60. The molecule has 0 heterocycles. The average molecular weight is 144 g/mol. The van der Waals surface area contributed by atoms with E-state index >= 15 is 0 Å². The van der Waals surface area contributed by atoms with Crippen molar-refractivity contribution in [3.05, 3.63) is 12.2 Å². The van der Waals surface area contributed by atoms with Gasteiger partial charge in [-0.1, -0.05) is 6.58 Å². The Bertz CT molecular complexity index is 158. The SMILES string of the molecule is C=C(C)C(C)(C)OC(=O)O. The molecule has 0 aromatic carbocycles. The fourth-order valence-corrected chi connectivity index (χ4v) is 0.305. The standard InChI is InChI=1S/C7H12O3/c1-5(2)7(3,4)10-6(8)9/h1H2,2-4H3,(H,8,9). The molecule has 0 unspecified atom stereocenters. The Morgan fingerprint density at radius 1 is 1.60 bits per heavy atom. The fourth-order valence-electron chi connectivity index (χ4n) is 0.305. The van der Waals surface area contributed by atoms with Crippen molar-refractivity contribution in [2.24, 2.45) is 0 Å². The molecular formula is C7H12O3. The molecule has 3 heteroatoms. The molecule has 0 aliphatic carbocycles. The van der Waals surface area contributed by atoms with E-state index in [0.29, 0.717) is 5.57 Å². The zero-order valence-electron chi connectivity index (χ0n) is 6.47. The predicted octanol–water partition coefficient (Wildman–Crippen LogP) is 2.04. The van der Waals surface area contributed by atoms with Gasteiger partial charge in [0.1, 0.15) is 5.60 Å². The van der Waals surface area contributed by atoms with Gasteiger partial charge in [-0.2, -0.15) is 0 Å². The highest BCUT2D eigenvalue weighted by Crippen LogP contribution is 2.17. The largest absolute Gasteiger partial charge is 0.506 e. The van der Waals surface area contributed by atoms with Crippen LogP contribution in [-0.4, -0.2) is 16.9 Å². The van der Waals surface area contributed by atoms with E-state index in [4.69, 9.17) is 5.11 Å². The molecule has 0 aliphatic rings. The molecule has 0 bridgehead atoms. The molecule has 0 aromatic rings. The third kappa shape index (κ3) is 2.53. The van der Waals surface area contributed by atoms with Crippen LogP contribution in [0.1, 0.15) is 20.8 Å². The van der Waals surface area contributed by atoms with Gasteiger partial charge < -0.3 is 9.84 Å². The highest BCUT2D eigenvalue weighted by molar-refractivity contribution is 5.58. The quantitative estimate of drug-likeness (QED) is 0.476. The molecule has 0 amide bonds. The monoisotopic (exact) mass is 144 g/mol. The summed E-state index contributed by atoms with van der Waals surface area (Å²) in [4.78, 5) is 10.1. The van der Waals surface area contributed by atoms with Gasteiger partial charge in [0.05, 0.1) is 0 Å². The summed E-state index contributed by atoms with van der Waals surface area (Å²) in [5, 5.41) is 8.23. The predicted molar refractivity (Wildman–Crippen MR) is 38.0 cm³/mol. The zero-order valence-corrected chi connectivity index (χ0v) is 6.47. The number of rotatable bonds is 2. The van der Waals surface area contributed by atoms with E-state index in [1.807, 2.05) is 0 Å². The van der Waals surface area contributed by atoms with Crippen molar-refractivity contribution in [3.8, 4) is 0 Å². The maximum absolute atomic E-state index is 10.1. The fraction of sp³-hybridized carbons (Fsp3) is 0.571. The van der Waals surface area contributed by atoms with Gasteiger partial charge in [0.25, 0.3) is 0 Å². The van der Waals surface area contributed by atoms with Crippen LogP contribution in [0.15, 0.2) is 12.2 Å². The number of hydrogen-bond donors (Lipinski definition) is 1. The van der Waals surface area contributed by atoms with Crippen LogP contribution in [0.5, 0.6) is 0 Å². The van der Waals surface area contributed by atoms with Crippen molar-refractivity contribution < 1.29 is 14.6 Å². The van der Waals surface area contributed by atoms with Crippen molar-refractivity contribution in [2.45, 2.75) is 26.4 Å². The van der Waals surface area contributed by atoms with E-state index in [0.717, 1.165) is 0 Å². The van der Waals surface area contributed by atoms with Crippen LogP contribution in [-0.2, 0) is 4.74 Å².